The minimum atomic E-state index is -3.68. The van der Waals surface area contributed by atoms with E-state index in [1.54, 1.807) is 12.1 Å². The zero-order chi connectivity index (χ0) is 18.6. The van der Waals surface area contributed by atoms with Crippen LogP contribution in [0.4, 0.5) is 0 Å². The summed E-state index contributed by atoms with van der Waals surface area (Å²) < 4.78 is 33.1. The van der Waals surface area contributed by atoms with Gasteiger partial charge in [0.2, 0.25) is 15.9 Å². The highest BCUT2D eigenvalue weighted by molar-refractivity contribution is 7.89. The van der Waals surface area contributed by atoms with Crippen molar-refractivity contribution in [1.29, 1.82) is 0 Å². The number of carbonyl (C=O) groups is 1. The first-order valence-electron chi connectivity index (χ1n) is 9.40. The van der Waals surface area contributed by atoms with Crippen LogP contribution in [0.2, 0.25) is 0 Å². The summed E-state index contributed by atoms with van der Waals surface area (Å²) >= 11 is 0. The summed E-state index contributed by atoms with van der Waals surface area (Å²) in [6.45, 7) is 0.847. The molecule has 7 heteroatoms. The third-order valence-corrected chi connectivity index (χ3v) is 7.26. The van der Waals surface area contributed by atoms with Gasteiger partial charge in [-0.2, -0.15) is 0 Å². The van der Waals surface area contributed by atoms with Gasteiger partial charge in [0.1, 0.15) is 0 Å². The molecule has 1 saturated carbocycles. The number of sulfonamides is 1. The fourth-order valence-electron chi connectivity index (χ4n) is 3.94. The number of carbonyl (C=O) groups excluding carboxylic acids is 1. The molecule has 26 heavy (non-hydrogen) atoms. The molecule has 1 heterocycles. The Morgan fingerprint density at radius 3 is 2.31 bits per heavy atom. The van der Waals surface area contributed by atoms with E-state index >= 15 is 0 Å². The van der Waals surface area contributed by atoms with Crippen molar-refractivity contribution in [3.63, 3.8) is 0 Å². The molecule has 1 aliphatic carbocycles. The van der Waals surface area contributed by atoms with Crippen molar-refractivity contribution < 1.29 is 17.9 Å². The fraction of sp³-hybridized carbons (Fsp3) is 0.632. The second kappa shape index (κ2) is 8.06. The quantitative estimate of drug-likeness (QED) is 0.791. The highest BCUT2D eigenvalue weighted by Gasteiger charge is 2.39. The Morgan fingerprint density at radius 1 is 1.12 bits per heavy atom. The van der Waals surface area contributed by atoms with Crippen molar-refractivity contribution in [2.45, 2.75) is 55.8 Å². The summed E-state index contributed by atoms with van der Waals surface area (Å²) in [6.07, 6.45) is 6.99. The minimum absolute atomic E-state index is 0.0123. The highest BCUT2D eigenvalue weighted by Crippen LogP contribution is 2.33. The van der Waals surface area contributed by atoms with E-state index in [1.807, 2.05) is 12.1 Å². The lowest BCUT2D eigenvalue weighted by atomic mass is 9.80. The van der Waals surface area contributed by atoms with Crippen LogP contribution in [0.5, 0.6) is 0 Å². The number of nitrogens with one attached hydrogen (secondary N) is 1. The summed E-state index contributed by atoms with van der Waals surface area (Å²) in [5, 5.41) is 0. The predicted octanol–water partition coefficient (Wildman–Crippen LogP) is 2.29. The molecule has 2 aliphatic rings. The largest absolute Gasteiger partial charge is 0.381 e. The normalized spacial score (nSPS) is 21.4. The molecule has 0 aromatic heterocycles. The van der Waals surface area contributed by atoms with Crippen molar-refractivity contribution >= 4 is 15.9 Å². The average molecular weight is 381 g/mol. The van der Waals surface area contributed by atoms with Crippen molar-refractivity contribution in [3.8, 4) is 0 Å². The zero-order valence-electron chi connectivity index (χ0n) is 15.1. The maximum Gasteiger partial charge on any atom is 0.240 e. The van der Waals surface area contributed by atoms with E-state index in [2.05, 4.69) is 4.72 Å². The van der Waals surface area contributed by atoms with Gasteiger partial charge in [0.25, 0.3) is 0 Å². The third-order valence-electron chi connectivity index (χ3n) is 5.84. The van der Waals surface area contributed by atoms with Crippen LogP contribution in [0.1, 0.15) is 56.4 Å². The maximum atomic E-state index is 12.6. The number of amides is 1. The standard InChI is InChI=1S/C19H28N2O4S/c20-18(22)19(10-12-25-13-11-19)14-21-26(23,24)17-8-6-16(7-9-17)15-4-2-1-3-5-15/h6-9,15,21H,1-5,10-14H2,(H2,20,22). The first kappa shape index (κ1) is 19.3. The third kappa shape index (κ3) is 4.27. The molecule has 2 fully saturated rings. The second-order valence-corrected chi connectivity index (χ2v) is 9.25. The number of hydrogen-bond acceptors (Lipinski definition) is 4. The number of hydrogen-bond donors (Lipinski definition) is 2. The van der Waals surface area contributed by atoms with Crippen molar-refractivity contribution in [2.24, 2.45) is 11.1 Å². The van der Waals surface area contributed by atoms with Gasteiger partial charge in [0.05, 0.1) is 10.3 Å². The number of nitrogens with two attached hydrogens (primary N) is 1. The van der Waals surface area contributed by atoms with Gasteiger partial charge in [-0.15, -0.1) is 0 Å². The molecule has 1 saturated heterocycles. The van der Waals surface area contributed by atoms with E-state index in [-0.39, 0.29) is 11.4 Å². The van der Waals surface area contributed by atoms with Crippen LogP contribution in [0.3, 0.4) is 0 Å². The monoisotopic (exact) mass is 380 g/mol. The molecule has 6 nitrogen and oxygen atoms in total. The molecule has 1 amide bonds. The van der Waals surface area contributed by atoms with Crippen LogP contribution in [0, 0.1) is 5.41 Å². The summed E-state index contributed by atoms with van der Waals surface area (Å²) in [7, 11) is -3.68. The molecule has 3 rings (SSSR count). The van der Waals surface area contributed by atoms with Crippen LogP contribution in [-0.2, 0) is 19.6 Å². The lowest BCUT2D eigenvalue weighted by molar-refractivity contribution is -0.132. The van der Waals surface area contributed by atoms with E-state index in [0.29, 0.717) is 32.0 Å². The van der Waals surface area contributed by atoms with E-state index in [4.69, 9.17) is 10.5 Å². The Morgan fingerprint density at radius 2 is 1.73 bits per heavy atom. The van der Waals surface area contributed by atoms with Gasteiger partial charge >= 0.3 is 0 Å². The summed E-state index contributed by atoms with van der Waals surface area (Å²) in [5.74, 6) is 0.0602. The Balaban J connectivity index is 1.68. The number of rotatable bonds is 6. The molecule has 1 aliphatic heterocycles. The van der Waals surface area contributed by atoms with Crippen LogP contribution in [0.15, 0.2) is 29.2 Å². The average Bonchev–Trinajstić information content (AvgIpc) is 2.68. The number of primary amides is 1. The van der Waals surface area contributed by atoms with Gasteiger partial charge in [-0.25, -0.2) is 13.1 Å². The molecular formula is C19H28N2O4S. The first-order valence-corrected chi connectivity index (χ1v) is 10.9. The minimum Gasteiger partial charge on any atom is -0.381 e. The molecule has 0 spiro atoms. The highest BCUT2D eigenvalue weighted by atomic mass is 32.2. The van der Waals surface area contributed by atoms with Crippen LogP contribution < -0.4 is 10.5 Å². The molecule has 1 aromatic rings. The Bertz CT molecular complexity index is 718. The van der Waals surface area contributed by atoms with E-state index in [1.165, 1.54) is 37.7 Å². The second-order valence-electron chi connectivity index (χ2n) is 7.49. The van der Waals surface area contributed by atoms with E-state index < -0.39 is 21.3 Å². The molecular weight excluding hydrogens is 352 g/mol. The van der Waals surface area contributed by atoms with Gasteiger partial charge in [-0.3, -0.25) is 4.79 Å². The van der Waals surface area contributed by atoms with E-state index in [0.717, 1.165) is 0 Å². The Kier molecular flexibility index (Phi) is 5.99. The van der Waals surface area contributed by atoms with E-state index in [9.17, 15) is 13.2 Å². The van der Waals surface area contributed by atoms with Crippen molar-refractivity contribution in [2.75, 3.05) is 19.8 Å². The summed E-state index contributed by atoms with van der Waals surface area (Å²) in [6, 6.07) is 7.16. The predicted molar refractivity (Wildman–Crippen MR) is 99.1 cm³/mol. The maximum absolute atomic E-state index is 12.6. The molecule has 1 aromatic carbocycles. The van der Waals surface area contributed by atoms with Crippen molar-refractivity contribution in [1.82, 2.24) is 4.72 Å². The van der Waals surface area contributed by atoms with Gasteiger partial charge in [-0.1, -0.05) is 31.4 Å². The topological polar surface area (TPSA) is 98.5 Å². The summed E-state index contributed by atoms with van der Waals surface area (Å²) in [5.41, 5.74) is 5.89. The zero-order valence-corrected chi connectivity index (χ0v) is 15.9. The fourth-order valence-corrected chi connectivity index (χ4v) is 5.07. The van der Waals surface area contributed by atoms with Gasteiger partial charge in [-0.05, 0) is 49.3 Å². The molecule has 0 atom stereocenters. The smallest absolute Gasteiger partial charge is 0.240 e. The Hall–Kier alpha value is -1.44. The summed E-state index contributed by atoms with van der Waals surface area (Å²) in [4.78, 5) is 12.1. The molecule has 144 valence electrons. The van der Waals surface area contributed by atoms with Gasteiger partial charge in [0, 0.05) is 19.8 Å². The van der Waals surface area contributed by atoms with Crippen molar-refractivity contribution in [3.05, 3.63) is 29.8 Å². The number of ether oxygens (including phenoxy) is 1. The lowest BCUT2D eigenvalue weighted by Crippen LogP contribution is -2.49. The van der Waals surface area contributed by atoms with Crippen LogP contribution in [0.25, 0.3) is 0 Å². The first-order chi connectivity index (χ1) is 12.4. The molecule has 0 unspecified atom stereocenters. The van der Waals surface area contributed by atoms with Crippen LogP contribution in [-0.4, -0.2) is 34.1 Å². The molecule has 3 N–H and O–H groups in total. The molecule has 0 bridgehead atoms. The SMILES string of the molecule is NC(=O)C1(CNS(=O)(=O)c2ccc(C3CCCCC3)cc2)CCOCC1. The molecule has 0 radical (unpaired) electrons. The van der Waals surface area contributed by atoms with Gasteiger partial charge < -0.3 is 10.5 Å². The number of benzene rings is 1. The van der Waals surface area contributed by atoms with Gasteiger partial charge in [0.15, 0.2) is 0 Å². The lowest BCUT2D eigenvalue weighted by Gasteiger charge is -2.34. The Labute approximate surface area is 155 Å². The van der Waals surface area contributed by atoms with Crippen LogP contribution >= 0.6 is 0 Å².